The van der Waals surface area contributed by atoms with Crippen LogP contribution in [0.2, 0.25) is 0 Å². The van der Waals surface area contributed by atoms with Gasteiger partial charge in [0.2, 0.25) is 0 Å². The lowest BCUT2D eigenvalue weighted by Crippen LogP contribution is -1.87. The predicted molar refractivity (Wildman–Crippen MR) is 186 cm³/mol. The van der Waals surface area contributed by atoms with Crippen LogP contribution in [0.25, 0.3) is 0 Å². The van der Waals surface area contributed by atoms with Crippen molar-refractivity contribution < 1.29 is 0 Å². The standard InChI is InChI=1S/C40H81/c1-4-5-6-7-8-9-10-11-12-13-14-15-16-17-18-19-20-21-22-23-24-25-26-27-28-29-30-31-32-33-34-35-36-37-38-39-40(2)3/h25,40H,4-24,26-39H2,1-3H3. The summed E-state index contributed by atoms with van der Waals surface area (Å²) in [6.45, 7) is 7.01. The van der Waals surface area contributed by atoms with Gasteiger partial charge in [0.05, 0.1) is 0 Å². The monoisotopic (exact) mass is 562 g/mol. The van der Waals surface area contributed by atoms with E-state index in [0.29, 0.717) is 0 Å². The van der Waals surface area contributed by atoms with Gasteiger partial charge in [0.1, 0.15) is 0 Å². The molecule has 0 amide bonds. The number of hydrogen-bond acceptors (Lipinski definition) is 0. The minimum Gasteiger partial charge on any atom is -0.0654 e. The minimum atomic E-state index is 0.895. The highest BCUT2D eigenvalue weighted by molar-refractivity contribution is 4.65. The quantitative estimate of drug-likeness (QED) is 0.0667. The van der Waals surface area contributed by atoms with Crippen LogP contribution >= 0.6 is 0 Å². The van der Waals surface area contributed by atoms with Crippen molar-refractivity contribution in [1.82, 2.24) is 0 Å². The molecular formula is C40H81. The molecule has 0 bridgehead atoms. The maximum atomic E-state index is 2.59. The van der Waals surface area contributed by atoms with Gasteiger partial charge in [-0.15, -0.1) is 0 Å². The van der Waals surface area contributed by atoms with Gasteiger partial charge in [0, 0.05) is 0 Å². The van der Waals surface area contributed by atoms with Crippen LogP contribution in [-0.4, -0.2) is 0 Å². The molecule has 0 heterocycles. The Bertz CT molecular complexity index is 410. The molecule has 0 aliphatic heterocycles. The number of rotatable bonds is 36. The third-order valence-electron chi connectivity index (χ3n) is 9.20. The molecule has 0 nitrogen and oxygen atoms in total. The Morgan fingerprint density at radius 3 is 0.775 bits per heavy atom. The zero-order valence-electron chi connectivity index (χ0n) is 28.9. The van der Waals surface area contributed by atoms with Crippen molar-refractivity contribution >= 4 is 0 Å². The van der Waals surface area contributed by atoms with E-state index in [-0.39, 0.29) is 0 Å². The van der Waals surface area contributed by atoms with Crippen molar-refractivity contribution in [2.45, 2.75) is 245 Å². The molecular weight excluding hydrogens is 480 g/mol. The summed E-state index contributed by atoms with van der Waals surface area (Å²) >= 11 is 0. The van der Waals surface area contributed by atoms with Crippen LogP contribution in [0.15, 0.2) is 0 Å². The molecule has 0 aliphatic carbocycles. The van der Waals surface area contributed by atoms with Crippen molar-refractivity contribution in [3.63, 3.8) is 0 Å². The summed E-state index contributed by atoms with van der Waals surface area (Å²) in [5, 5.41) is 0. The zero-order valence-corrected chi connectivity index (χ0v) is 28.9. The lowest BCUT2D eigenvalue weighted by molar-refractivity contribution is 0.503. The topological polar surface area (TPSA) is 0 Å². The van der Waals surface area contributed by atoms with Crippen molar-refractivity contribution in [3.8, 4) is 0 Å². The van der Waals surface area contributed by atoms with Crippen LogP contribution in [0, 0.1) is 12.3 Å². The molecule has 0 rings (SSSR count). The Morgan fingerprint density at radius 1 is 0.300 bits per heavy atom. The average molecular weight is 562 g/mol. The van der Waals surface area contributed by atoms with Gasteiger partial charge in [0.15, 0.2) is 0 Å². The Labute approximate surface area is 257 Å². The zero-order chi connectivity index (χ0) is 29.0. The summed E-state index contributed by atoms with van der Waals surface area (Å²) in [6.07, 6.45) is 53.9. The van der Waals surface area contributed by atoms with Gasteiger partial charge < -0.3 is 0 Å². The Morgan fingerprint density at radius 2 is 0.525 bits per heavy atom. The highest BCUT2D eigenvalue weighted by atomic mass is 14.0. The van der Waals surface area contributed by atoms with Crippen LogP contribution in [0.3, 0.4) is 0 Å². The molecule has 0 saturated carbocycles. The molecule has 0 aliphatic rings. The molecule has 0 fully saturated rings. The maximum absolute atomic E-state index is 2.59. The fourth-order valence-corrected chi connectivity index (χ4v) is 6.30. The van der Waals surface area contributed by atoms with E-state index in [4.69, 9.17) is 0 Å². The van der Waals surface area contributed by atoms with Gasteiger partial charge in [-0.2, -0.15) is 0 Å². The van der Waals surface area contributed by atoms with E-state index in [1.165, 1.54) is 225 Å². The Balaban J connectivity index is 3.02. The van der Waals surface area contributed by atoms with E-state index >= 15 is 0 Å². The van der Waals surface area contributed by atoms with Gasteiger partial charge in [-0.05, 0) is 12.3 Å². The van der Waals surface area contributed by atoms with Crippen LogP contribution in [0.4, 0.5) is 0 Å². The van der Waals surface area contributed by atoms with E-state index in [9.17, 15) is 0 Å². The molecule has 0 heteroatoms. The second-order valence-electron chi connectivity index (χ2n) is 14.0. The Kier molecular flexibility index (Phi) is 37.0. The predicted octanol–water partition coefficient (Wildman–Crippen LogP) is 15.5. The molecule has 0 unspecified atom stereocenters. The molecule has 0 spiro atoms. The number of unbranched alkanes of at least 4 members (excludes halogenated alkanes) is 34. The fraction of sp³-hybridized carbons (Fsp3) is 0.975. The maximum Gasteiger partial charge on any atom is -0.0386 e. The second kappa shape index (κ2) is 37.0. The molecule has 0 N–H and O–H groups in total. The average Bonchev–Trinajstić information content (AvgIpc) is 2.95. The second-order valence-corrected chi connectivity index (χ2v) is 14.0. The van der Waals surface area contributed by atoms with Gasteiger partial charge >= 0.3 is 0 Å². The van der Waals surface area contributed by atoms with E-state index in [0.717, 1.165) is 5.92 Å². The van der Waals surface area contributed by atoms with Crippen LogP contribution in [0.1, 0.15) is 245 Å². The van der Waals surface area contributed by atoms with Crippen molar-refractivity contribution in [3.05, 3.63) is 6.42 Å². The van der Waals surface area contributed by atoms with Gasteiger partial charge in [-0.1, -0.05) is 245 Å². The first-order valence-corrected chi connectivity index (χ1v) is 19.6. The molecule has 241 valence electrons. The summed E-state index contributed by atoms with van der Waals surface area (Å²) in [7, 11) is 0. The molecule has 40 heavy (non-hydrogen) atoms. The summed E-state index contributed by atoms with van der Waals surface area (Å²) < 4.78 is 0. The summed E-state index contributed by atoms with van der Waals surface area (Å²) in [5.74, 6) is 0.895. The third kappa shape index (κ3) is 38.0. The molecule has 0 aromatic heterocycles. The van der Waals surface area contributed by atoms with Crippen molar-refractivity contribution in [2.75, 3.05) is 0 Å². The highest BCUT2D eigenvalue weighted by Gasteiger charge is 1.98. The van der Waals surface area contributed by atoms with Crippen molar-refractivity contribution in [2.24, 2.45) is 5.92 Å². The number of hydrogen-bond donors (Lipinski definition) is 0. The molecule has 0 aromatic carbocycles. The van der Waals surface area contributed by atoms with Crippen LogP contribution in [-0.2, 0) is 0 Å². The lowest BCUT2D eigenvalue weighted by atomic mass is 10.0. The van der Waals surface area contributed by atoms with Gasteiger partial charge in [0.25, 0.3) is 0 Å². The summed E-state index contributed by atoms with van der Waals surface area (Å²) in [5.41, 5.74) is 0. The van der Waals surface area contributed by atoms with Crippen molar-refractivity contribution in [1.29, 1.82) is 0 Å². The van der Waals surface area contributed by atoms with E-state index < -0.39 is 0 Å². The third-order valence-corrected chi connectivity index (χ3v) is 9.20. The first-order valence-electron chi connectivity index (χ1n) is 19.6. The highest BCUT2D eigenvalue weighted by Crippen LogP contribution is 2.17. The first-order chi connectivity index (χ1) is 19.8. The van der Waals surface area contributed by atoms with E-state index in [2.05, 4.69) is 27.2 Å². The molecule has 1 radical (unpaired) electrons. The SMILES string of the molecule is CCCCCCCCCCCCCCCCCCCCCC[CH]CCCCCCCCCCCCCCC(C)C. The Hall–Kier alpha value is 0. The van der Waals surface area contributed by atoms with Gasteiger partial charge in [-0.3, -0.25) is 0 Å². The van der Waals surface area contributed by atoms with Crippen LogP contribution < -0.4 is 0 Å². The lowest BCUT2D eigenvalue weighted by Gasteiger charge is -2.05. The minimum absolute atomic E-state index is 0.895. The largest absolute Gasteiger partial charge is 0.0654 e. The van der Waals surface area contributed by atoms with Crippen LogP contribution in [0.5, 0.6) is 0 Å². The summed E-state index contributed by atoms with van der Waals surface area (Å²) in [4.78, 5) is 0. The van der Waals surface area contributed by atoms with E-state index in [1.54, 1.807) is 0 Å². The molecule has 0 aromatic rings. The van der Waals surface area contributed by atoms with E-state index in [1.807, 2.05) is 0 Å². The molecule has 0 atom stereocenters. The smallest absolute Gasteiger partial charge is 0.0386 e. The normalized spacial score (nSPS) is 11.7. The fourth-order valence-electron chi connectivity index (χ4n) is 6.30. The first kappa shape index (κ1) is 40.0. The van der Waals surface area contributed by atoms with Gasteiger partial charge in [-0.25, -0.2) is 0 Å². The molecule has 0 saturated heterocycles. The summed E-state index contributed by atoms with van der Waals surface area (Å²) in [6, 6.07) is 0.